The molecule has 3 N–H and O–H groups in total. The van der Waals surface area contributed by atoms with Gasteiger partial charge >= 0.3 is 12.1 Å². The summed E-state index contributed by atoms with van der Waals surface area (Å²) in [5.74, 6) is -1.36. The van der Waals surface area contributed by atoms with E-state index >= 15 is 0 Å². The minimum atomic E-state index is -1.51. The number of carbonyl (C=O) groups excluding carboxylic acids is 1. The third kappa shape index (κ3) is 4.85. The molecule has 0 aliphatic rings. The number of carboxylic acids is 1. The molecule has 2 atom stereocenters. The molecule has 0 bridgehead atoms. The number of nitrogens with zero attached hydrogens (tertiary/aromatic N) is 1. The minimum absolute atomic E-state index is 0.337. The van der Waals surface area contributed by atoms with E-state index in [2.05, 4.69) is 10.3 Å². The van der Waals surface area contributed by atoms with Crippen molar-refractivity contribution in [2.45, 2.75) is 38.5 Å². The predicted octanol–water partition coefficient (Wildman–Crippen LogP) is 1.09. The highest BCUT2D eigenvalue weighted by Gasteiger charge is 2.31. The molecule has 0 fully saturated rings. The molecule has 0 aliphatic heterocycles. The summed E-state index contributed by atoms with van der Waals surface area (Å²) in [6.45, 7) is 4.96. The third-order valence-electron chi connectivity index (χ3n) is 2.30. The average molecular weight is 282 g/mol. The molecular formula is C13H18N2O5. The Morgan fingerprint density at radius 3 is 2.30 bits per heavy atom. The SMILES string of the molecule is CC(C)(C)OC(=O)NC(C(=O)O)[C@@H](O)c1ccncc1. The maximum atomic E-state index is 11.6. The normalized spacial score (nSPS) is 14.2. The molecule has 0 saturated heterocycles. The Labute approximate surface area is 116 Å². The monoisotopic (exact) mass is 282 g/mol. The molecular weight excluding hydrogens is 264 g/mol. The number of hydrogen-bond donors (Lipinski definition) is 3. The molecule has 1 heterocycles. The van der Waals surface area contributed by atoms with E-state index in [1.54, 1.807) is 20.8 Å². The lowest BCUT2D eigenvalue weighted by molar-refractivity contribution is -0.142. The molecule has 1 aromatic rings. The zero-order chi connectivity index (χ0) is 15.3. The minimum Gasteiger partial charge on any atom is -0.480 e. The number of aliphatic hydroxyl groups excluding tert-OH is 1. The maximum Gasteiger partial charge on any atom is 0.408 e. The topological polar surface area (TPSA) is 109 Å². The van der Waals surface area contributed by atoms with E-state index in [0.717, 1.165) is 0 Å². The summed E-state index contributed by atoms with van der Waals surface area (Å²) in [6, 6.07) is 1.43. The second kappa shape index (κ2) is 6.33. The van der Waals surface area contributed by atoms with Crippen molar-refractivity contribution >= 4 is 12.1 Å². The lowest BCUT2D eigenvalue weighted by atomic mass is 10.0. The van der Waals surface area contributed by atoms with Gasteiger partial charge in [0.2, 0.25) is 0 Å². The summed E-state index contributed by atoms with van der Waals surface area (Å²) < 4.78 is 4.97. The Hall–Kier alpha value is -2.15. The number of aromatic nitrogens is 1. The molecule has 0 radical (unpaired) electrons. The maximum absolute atomic E-state index is 11.6. The van der Waals surface area contributed by atoms with Gasteiger partial charge in [0.25, 0.3) is 0 Å². The fourth-order valence-electron chi connectivity index (χ4n) is 1.46. The number of aliphatic hydroxyl groups is 1. The van der Waals surface area contributed by atoms with Crippen LogP contribution >= 0.6 is 0 Å². The van der Waals surface area contributed by atoms with Crippen LogP contribution in [0.15, 0.2) is 24.5 Å². The summed E-state index contributed by atoms with van der Waals surface area (Å²) >= 11 is 0. The zero-order valence-electron chi connectivity index (χ0n) is 11.5. The van der Waals surface area contributed by atoms with E-state index in [4.69, 9.17) is 9.84 Å². The van der Waals surface area contributed by atoms with Crippen LogP contribution in [-0.2, 0) is 9.53 Å². The van der Waals surface area contributed by atoms with Gasteiger partial charge in [0, 0.05) is 12.4 Å². The van der Waals surface area contributed by atoms with Gasteiger partial charge in [0.05, 0.1) is 0 Å². The van der Waals surface area contributed by atoms with E-state index in [1.807, 2.05) is 0 Å². The van der Waals surface area contributed by atoms with E-state index in [1.165, 1.54) is 24.5 Å². The second-order valence-corrected chi connectivity index (χ2v) is 5.19. The average Bonchev–Trinajstić information content (AvgIpc) is 2.34. The first-order valence-corrected chi connectivity index (χ1v) is 6.01. The number of amides is 1. The number of rotatable bonds is 4. The molecule has 1 aromatic heterocycles. The van der Waals surface area contributed by atoms with Crippen molar-refractivity contribution in [1.82, 2.24) is 10.3 Å². The first-order chi connectivity index (χ1) is 9.20. The highest BCUT2D eigenvalue weighted by molar-refractivity contribution is 5.80. The number of pyridine rings is 1. The van der Waals surface area contributed by atoms with Gasteiger partial charge in [0.1, 0.15) is 11.7 Å². The predicted molar refractivity (Wildman–Crippen MR) is 70.0 cm³/mol. The molecule has 110 valence electrons. The zero-order valence-corrected chi connectivity index (χ0v) is 11.5. The van der Waals surface area contributed by atoms with Gasteiger partial charge in [0.15, 0.2) is 6.04 Å². The second-order valence-electron chi connectivity index (χ2n) is 5.19. The summed E-state index contributed by atoms with van der Waals surface area (Å²) in [4.78, 5) is 26.5. The molecule has 1 amide bonds. The Bertz CT molecular complexity index is 469. The van der Waals surface area contributed by atoms with Crippen LogP contribution in [0.1, 0.15) is 32.4 Å². The van der Waals surface area contributed by atoms with Gasteiger partial charge < -0.3 is 20.3 Å². The fourth-order valence-corrected chi connectivity index (χ4v) is 1.46. The number of carboxylic acid groups (broad SMARTS) is 1. The molecule has 7 heteroatoms. The number of hydrogen-bond acceptors (Lipinski definition) is 5. The smallest absolute Gasteiger partial charge is 0.408 e. The molecule has 1 rings (SSSR count). The molecule has 0 aliphatic carbocycles. The Kier molecular flexibility index (Phi) is 5.04. The molecule has 7 nitrogen and oxygen atoms in total. The fraction of sp³-hybridized carbons (Fsp3) is 0.462. The van der Waals surface area contributed by atoms with Crippen molar-refractivity contribution in [3.63, 3.8) is 0 Å². The van der Waals surface area contributed by atoms with Crippen molar-refractivity contribution in [2.24, 2.45) is 0 Å². The number of ether oxygens (including phenoxy) is 1. The van der Waals surface area contributed by atoms with E-state index in [9.17, 15) is 14.7 Å². The summed E-state index contributed by atoms with van der Waals surface area (Å²) in [5, 5.41) is 21.3. The van der Waals surface area contributed by atoms with Crippen molar-refractivity contribution in [1.29, 1.82) is 0 Å². The van der Waals surface area contributed by atoms with Crippen LogP contribution in [0.5, 0.6) is 0 Å². The molecule has 0 spiro atoms. The molecule has 0 aromatic carbocycles. The largest absolute Gasteiger partial charge is 0.480 e. The first kappa shape index (κ1) is 15.9. The van der Waals surface area contributed by atoms with Crippen LogP contribution in [0.4, 0.5) is 4.79 Å². The van der Waals surface area contributed by atoms with Gasteiger partial charge in [-0.2, -0.15) is 0 Å². The van der Waals surface area contributed by atoms with Crippen LogP contribution in [0.3, 0.4) is 0 Å². The summed E-state index contributed by atoms with van der Waals surface area (Å²) in [6.07, 6.45) is 0.539. The summed E-state index contributed by atoms with van der Waals surface area (Å²) in [5.41, 5.74) is -0.419. The van der Waals surface area contributed by atoms with Gasteiger partial charge in [-0.05, 0) is 38.5 Å². The van der Waals surface area contributed by atoms with Gasteiger partial charge in [-0.3, -0.25) is 4.98 Å². The van der Waals surface area contributed by atoms with Crippen molar-refractivity contribution in [3.8, 4) is 0 Å². The first-order valence-electron chi connectivity index (χ1n) is 6.01. The van der Waals surface area contributed by atoms with Gasteiger partial charge in [-0.25, -0.2) is 9.59 Å². The lowest BCUT2D eigenvalue weighted by Gasteiger charge is -2.24. The Balaban J connectivity index is 2.80. The number of carbonyl (C=O) groups is 2. The highest BCUT2D eigenvalue weighted by atomic mass is 16.6. The van der Waals surface area contributed by atoms with E-state index < -0.39 is 29.8 Å². The van der Waals surface area contributed by atoms with E-state index in [0.29, 0.717) is 5.56 Å². The van der Waals surface area contributed by atoms with Crippen molar-refractivity contribution < 1.29 is 24.5 Å². The molecule has 1 unspecified atom stereocenters. The van der Waals surface area contributed by atoms with Gasteiger partial charge in [-0.1, -0.05) is 0 Å². The standard InChI is InChI=1S/C13H18N2O5/c1-13(2,3)20-12(19)15-9(11(17)18)10(16)8-4-6-14-7-5-8/h4-7,9-10,16H,1-3H3,(H,15,19)(H,17,18)/t9?,10-/m0/s1. The lowest BCUT2D eigenvalue weighted by Crippen LogP contribution is -2.46. The Morgan fingerprint density at radius 2 is 1.85 bits per heavy atom. The van der Waals surface area contributed by atoms with Crippen LogP contribution in [0.25, 0.3) is 0 Å². The number of nitrogens with one attached hydrogen (secondary N) is 1. The molecule has 0 saturated carbocycles. The number of alkyl carbamates (subject to hydrolysis) is 1. The van der Waals surface area contributed by atoms with Crippen molar-refractivity contribution in [2.75, 3.05) is 0 Å². The summed E-state index contributed by atoms with van der Waals surface area (Å²) in [7, 11) is 0. The van der Waals surface area contributed by atoms with Crippen LogP contribution in [0, 0.1) is 0 Å². The highest BCUT2D eigenvalue weighted by Crippen LogP contribution is 2.17. The van der Waals surface area contributed by atoms with Gasteiger partial charge in [-0.15, -0.1) is 0 Å². The van der Waals surface area contributed by atoms with Crippen LogP contribution < -0.4 is 5.32 Å². The quantitative estimate of drug-likeness (QED) is 0.762. The molecule has 20 heavy (non-hydrogen) atoms. The number of aliphatic carboxylic acids is 1. The van der Waals surface area contributed by atoms with Crippen LogP contribution in [-0.4, -0.2) is 38.9 Å². The van der Waals surface area contributed by atoms with Crippen LogP contribution in [0.2, 0.25) is 0 Å². The Morgan fingerprint density at radius 1 is 1.30 bits per heavy atom. The third-order valence-corrected chi connectivity index (χ3v) is 2.30. The van der Waals surface area contributed by atoms with E-state index in [-0.39, 0.29) is 0 Å². The van der Waals surface area contributed by atoms with Crippen molar-refractivity contribution in [3.05, 3.63) is 30.1 Å².